The second-order valence-electron chi connectivity index (χ2n) is 5.82. The number of para-hydroxylation sites is 3. The van der Waals surface area contributed by atoms with Gasteiger partial charge in [0.15, 0.2) is 5.11 Å². The van der Waals surface area contributed by atoms with Gasteiger partial charge in [-0.25, -0.2) is 0 Å². The van der Waals surface area contributed by atoms with Gasteiger partial charge in [-0.2, -0.15) is 0 Å². The first-order valence-electron chi connectivity index (χ1n) is 8.46. The van der Waals surface area contributed by atoms with Gasteiger partial charge in [0.1, 0.15) is 16.9 Å². The number of thiocarbonyl (C=S) groups is 1. The van der Waals surface area contributed by atoms with Gasteiger partial charge in [0.25, 0.3) is 0 Å². The number of anilines is 2. The molecule has 1 aromatic heterocycles. The number of furan rings is 1. The lowest BCUT2D eigenvalue weighted by molar-refractivity contribution is 0.342. The highest BCUT2D eigenvalue weighted by Gasteiger charge is 2.09. The van der Waals surface area contributed by atoms with Crippen LogP contribution in [0.25, 0.3) is 21.9 Å². The van der Waals surface area contributed by atoms with E-state index in [1.807, 2.05) is 67.6 Å². The summed E-state index contributed by atoms with van der Waals surface area (Å²) >= 11 is 5.46. The lowest BCUT2D eigenvalue weighted by Gasteiger charge is -2.14. The van der Waals surface area contributed by atoms with E-state index in [0.29, 0.717) is 11.7 Å². The van der Waals surface area contributed by atoms with Crippen LogP contribution in [-0.2, 0) is 0 Å². The van der Waals surface area contributed by atoms with E-state index in [1.54, 1.807) is 0 Å². The summed E-state index contributed by atoms with van der Waals surface area (Å²) in [5, 5.41) is 9.08. The maximum Gasteiger partial charge on any atom is 0.175 e. The molecule has 0 atom stereocenters. The van der Waals surface area contributed by atoms with Crippen LogP contribution >= 0.6 is 12.2 Å². The van der Waals surface area contributed by atoms with Gasteiger partial charge in [-0.1, -0.05) is 30.3 Å². The zero-order valence-corrected chi connectivity index (χ0v) is 15.1. The van der Waals surface area contributed by atoms with E-state index in [2.05, 4.69) is 16.7 Å². The Labute approximate surface area is 156 Å². The van der Waals surface area contributed by atoms with Crippen molar-refractivity contribution in [3.05, 3.63) is 66.7 Å². The van der Waals surface area contributed by atoms with Crippen LogP contribution in [0.15, 0.2) is 71.1 Å². The first kappa shape index (κ1) is 16.4. The highest BCUT2D eigenvalue weighted by Crippen LogP contribution is 2.30. The lowest BCUT2D eigenvalue weighted by atomic mass is 10.1. The molecule has 0 bridgehead atoms. The van der Waals surface area contributed by atoms with Crippen molar-refractivity contribution >= 4 is 50.6 Å². The first-order chi connectivity index (χ1) is 12.7. The van der Waals surface area contributed by atoms with Gasteiger partial charge in [0.2, 0.25) is 0 Å². The van der Waals surface area contributed by atoms with Crippen molar-refractivity contribution < 1.29 is 9.15 Å². The molecule has 0 saturated heterocycles. The Bertz CT molecular complexity index is 1090. The van der Waals surface area contributed by atoms with Crippen LogP contribution in [-0.4, -0.2) is 11.7 Å². The van der Waals surface area contributed by atoms with Gasteiger partial charge < -0.3 is 19.8 Å². The standard InChI is InChI=1S/C21H18N2O2S/c1-2-24-20-10-6-4-8-17(20)23-21(26)22-14-11-12-19-16(13-14)15-7-3-5-9-18(15)25-19/h3-13H,2H2,1H3,(H2,22,23,26). The fourth-order valence-corrected chi connectivity index (χ4v) is 3.17. The molecule has 26 heavy (non-hydrogen) atoms. The molecule has 0 fully saturated rings. The molecule has 2 N–H and O–H groups in total. The quantitative estimate of drug-likeness (QED) is 0.450. The molecular formula is C21H18N2O2S. The number of rotatable bonds is 4. The van der Waals surface area contributed by atoms with Crippen molar-refractivity contribution in [2.24, 2.45) is 0 Å². The average molecular weight is 362 g/mol. The maximum atomic E-state index is 5.86. The fourth-order valence-electron chi connectivity index (χ4n) is 2.94. The molecule has 130 valence electrons. The molecule has 0 amide bonds. The van der Waals surface area contributed by atoms with Crippen molar-refractivity contribution in [2.75, 3.05) is 17.2 Å². The summed E-state index contributed by atoms with van der Waals surface area (Å²) in [5.41, 5.74) is 3.47. The number of benzene rings is 3. The number of hydrogen-bond donors (Lipinski definition) is 2. The van der Waals surface area contributed by atoms with Crippen molar-refractivity contribution in [3.63, 3.8) is 0 Å². The van der Waals surface area contributed by atoms with Crippen LogP contribution in [0.1, 0.15) is 6.92 Å². The third-order valence-corrected chi connectivity index (χ3v) is 4.27. The van der Waals surface area contributed by atoms with E-state index in [4.69, 9.17) is 21.4 Å². The highest BCUT2D eigenvalue weighted by atomic mass is 32.1. The summed E-state index contributed by atoms with van der Waals surface area (Å²) in [6.45, 7) is 2.56. The molecule has 4 aromatic rings. The van der Waals surface area contributed by atoms with Crippen molar-refractivity contribution in [2.45, 2.75) is 6.92 Å². The van der Waals surface area contributed by atoms with Gasteiger partial charge in [-0.3, -0.25) is 0 Å². The summed E-state index contributed by atoms with van der Waals surface area (Å²) in [6.07, 6.45) is 0. The third kappa shape index (κ3) is 3.21. The topological polar surface area (TPSA) is 46.4 Å². The zero-order chi connectivity index (χ0) is 17.9. The predicted molar refractivity (Wildman–Crippen MR) is 111 cm³/mol. The molecule has 4 nitrogen and oxygen atoms in total. The average Bonchev–Trinajstić information content (AvgIpc) is 3.02. The molecular weight excluding hydrogens is 344 g/mol. The largest absolute Gasteiger partial charge is 0.492 e. The number of nitrogens with one attached hydrogen (secondary N) is 2. The Morgan fingerprint density at radius 3 is 2.58 bits per heavy atom. The minimum Gasteiger partial charge on any atom is -0.492 e. The van der Waals surface area contributed by atoms with Gasteiger partial charge in [-0.05, 0) is 55.5 Å². The molecule has 0 aliphatic heterocycles. The van der Waals surface area contributed by atoms with E-state index in [9.17, 15) is 0 Å². The molecule has 5 heteroatoms. The van der Waals surface area contributed by atoms with Crippen LogP contribution < -0.4 is 15.4 Å². The monoisotopic (exact) mass is 362 g/mol. The Balaban J connectivity index is 1.57. The van der Waals surface area contributed by atoms with E-state index in [0.717, 1.165) is 39.1 Å². The number of ether oxygens (including phenoxy) is 1. The van der Waals surface area contributed by atoms with E-state index in [1.165, 1.54) is 0 Å². The van der Waals surface area contributed by atoms with Gasteiger partial charge in [-0.15, -0.1) is 0 Å². The molecule has 4 rings (SSSR count). The summed E-state index contributed by atoms with van der Waals surface area (Å²) in [7, 11) is 0. The normalized spacial score (nSPS) is 10.8. The summed E-state index contributed by atoms with van der Waals surface area (Å²) in [4.78, 5) is 0. The molecule has 0 saturated carbocycles. The smallest absolute Gasteiger partial charge is 0.175 e. The second-order valence-corrected chi connectivity index (χ2v) is 6.23. The Morgan fingerprint density at radius 2 is 1.69 bits per heavy atom. The highest BCUT2D eigenvalue weighted by molar-refractivity contribution is 7.80. The van der Waals surface area contributed by atoms with Gasteiger partial charge in [0, 0.05) is 16.5 Å². The van der Waals surface area contributed by atoms with Crippen LogP contribution in [0.5, 0.6) is 5.75 Å². The molecule has 3 aromatic carbocycles. The Morgan fingerprint density at radius 1 is 0.923 bits per heavy atom. The van der Waals surface area contributed by atoms with Crippen LogP contribution in [0.2, 0.25) is 0 Å². The van der Waals surface area contributed by atoms with E-state index < -0.39 is 0 Å². The van der Waals surface area contributed by atoms with E-state index >= 15 is 0 Å². The van der Waals surface area contributed by atoms with Gasteiger partial charge in [0.05, 0.1) is 12.3 Å². The second kappa shape index (κ2) is 7.06. The van der Waals surface area contributed by atoms with Crippen LogP contribution in [0.4, 0.5) is 11.4 Å². The SMILES string of the molecule is CCOc1ccccc1NC(=S)Nc1ccc2oc3ccccc3c2c1. The van der Waals surface area contributed by atoms with Crippen molar-refractivity contribution in [1.82, 2.24) is 0 Å². The molecule has 0 radical (unpaired) electrons. The van der Waals surface area contributed by atoms with E-state index in [-0.39, 0.29) is 0 Å². The van der Waals surface area contributed by atoms with Crippen LogP contribution in [0.3, 0.4) is 0 Å². The fraction of sp³-hybridized carbons (Fsp3) is 0.0952. The molecule has 0 spiro atoms. The zero-order valence-electron chi connectivity index (χ0n) is 14.3. The third-order valence-electron chi connectivity index (χ3n) is 4.07. The minimum absolute atomic E-state index is 0.504. The lowest BCUT2D eigenvalue weighted by Crippen LogP contribution is -2.19. The number of fused-ring (bicyclic) bond motifs is 3. The summed E-state index contributed by atoms with van der Waals surface area (Å²) in [5.74, 6) is 0.774. The molecule has 0 aliphatic carbocycles. The van der Waals surface area contributed by atoms with Crippen molar-refractivity contribution in [1.29, 1.82) is 0 Å². The number of hydrogen-bond acceptors (Lipinski definition) is 3. The molecule has 0 unspecified atom stereocenters. The summed E-state index contributed by atoms with van der Waals surface area (Å²) in [6, 6.07) is 21.7. The van der Waals surface area contributed by atoms with Crippen LogP contribution in [0, 0.1) is 0 Å². The first-order valence-corrected chi connectivity index (χ1v) is 8.86. The minimum atomic E-state index is 0.504. The summed E-state index contributed by atoms with van der Waals surface area (Å²) < 4.78 is 11.5. The van der Waals surface area contributed by atoms with Gasteiger partial charge >= 0.3 is 0 Å². The van der Waals surface area contributed by atoms with Crippen molar-refractivity contribution in [3.8, 4) is 5.75 Å². The molecule has 0 aliphatic rings. The Kier molecular flexibility index (Phi) is 4.46. The maximum absolute atomic E-state index is 5.86. The predicted octanol–water partition coefficient (Wildman–Crippen LogP) is 5.79. The molecule has 1 heterocycles. The Hall–Kier alpha value is -3.05.